The van der Waals surface area contributed by atoms with Gasteiger partial charge in [-0.2, -0.15) is 8.78 Å². The zero-order chi connectivity index (χ0) is 21.1. The summed E-state index contributed by atoms with van der Waals surface area (Å²) >= 11 is 6.15. The molecule has 1 N–H and O–H groups in total. The van der Waals surface area contributed by atoms with Gasteiger partial charge in [-0.1, -0.05) is 17.7 Å². The Hall–Kier alpha value is -2.29. The van der Waals surface area contributed by atoms with Crippen LogP contribution in [-0.2, 0) is 27.3 Å². The van der Waals surface area contributed by atoms with E-state index < -0.39 is 30.8 Å². The van der Waals surface area contributed by atoms with Crippen LogP contribution in [0.3, 0.4) is 0 Å². The van der Waals surface area contributed by atoms with Crippen molar-refractivity contribution < 1.29 is 28.2 Å². The topological polar surface area (TPSA) is 77.8 Å². The minimum atomic E-state index is -3.01. The molecule has 1 aliphatic heterocycles. The van der Waals surface area contributed by atoms with Crippen LogP contribution in [-0.4, -0.2) is 35.0 Å². The lowest BCUT2D eigenvalue weighted by atomic mass is 9.92. The van der Waals surface area contributed by atoms with Gasteiger partial charge in [-0.15, -0.1) is 0 Å². The maximum Gasteiger partial charge on any atom is 0.345 e. The summed E-state index contributed by atoms with van der Waals surface area (Å²) in [4.78, 5) is 24.4. The van der Waals surface area contributed by atoms with Crippen molar-refractivity contribution in [1.82, 2.24) is 4.57 Å². The second-order valence-corrected chi connectivity index (χ2v) is 7.30. The van der Waals surface area contributed by atoms with Crippen LogP contribution in [0, 0.1) is 0 Å². The molecule has 1 aromatic carbocycles. The number of rotatable bonds is 6. The van der Waals surface area contributed by atoms with Crippen LogP contribution in [0.5, 0.6) is 0 Å². The van der Waals surface area contributed by atoms with Gasteiger partial charge in [-0.05, 0) is 42.2 Å². The van der Waals surface area contributed by atoms with Crippen molar-refractivity contribution in [2.24, 2.45) is 0 Å². The van der Waals surface area contributed by atoms with Gasteiger partial charge in [0.05, 0.1) is 19.3 Å². The van der Waals surface area contributed by atoms with Crippen molar-refractivity contribution in [3.63, 3.8) is 0 Å². The summed E-state index contributed by atoms with van der Waals surface area (Å²) in [5.41, 5.74) is 2.41. The first kappa shape index (κ1) is 21.4. The average Bonchev–Trinajstić information content (AvgIpc) is 2.64. The van der Waals surface area contributed by atoms with Gasteiger partial charge in [0.2, 0.25) is 0 Å². The monoisotopic (exact) mass is 427 g/mol. The summed E-state index contributed by atoms with van der Waals surface area (Å²) in [6.07, 6.45) is 1.68. The standard InChI is InChI=1S/C20H20ClF2NO5/c1-11-6-12-2-3-14(21)7-15(12)16-8-18(25)24(9-13(16)10-29-11)17(19(26)27)4-5-28-20(22)23/h2-3,7-9,11,17,20H,4-6,10H2,1H3,(H,26,27)/t11-,17?/m1/s1. The molecule has 0 spiro atoms. The van der Waals surface area contributed by atoms with Crippen LogP contribution >= 0.6 is 11.6 Å². The van der Waals surface area contributed by atoms with Gasteiger partial charge in [-0.3, -0.25) is 4.79 Å². The smallest absolute Gasteiger partial charge is 0.345 e. The number of carbonyl (C=O) groups is 1. The van der Waals surface area contributed by atoms with Crippen molar-refractivity contribution >= 4 is 17.6 Å². The highest BCUT2D eigenvalue weighted by Crippen LogP contribution is 2.33. The van der Waals surface area contributed by atoms with Gasteiger partial charge >= 0.3 is 12.6 Å². The number of aromatic nitrogens is 1. The van der Waals surface area contributed by atoms with E-state index in [9.17, 15) is 23.5 Å². The molecule has 0 radical (unpaired) electrons. The molecule has 3 rings (SSSR count). The van der Waals surface area contributed by atoms with E-state index in [0.29, 0.717) is 22.6 Å². The predicted octanol–water partition coefficient (Wildman–Crippen LogP) is 3.88. The Labute approximate surface area is 170 Å². The minimum Gasteiger partial charge on any atom is -0.480 e. The number of pyridine rings is 1. The first-order valence-corrected chi connectivity index (χ1v) is 9.42. The second kappa shape index (κ2) is 9.02. The first-order valence-electron chi connectivity index (χ1n) is 9.04. The van der Waals surface area contributed by atoms with Crippen molar-refractivity contribution in [2.45, 2.75) is 45.1 Å². The molecule has 2 heterocycles. The van der Waals surface area contributed by atoms with Crippen LogP contribution in [0.4, 0.5) is 8.78 Å². The molecule has 9 heteroatoms. The molecule has 6 nitrogen and oxygen atoms in total. The largest absolute Gasteiger partial charge is 0.480 e. The number of hydrogen-bond donors (Lipinski definition) is 1. The highest BCUT2D eigenvalue weighted by Gasteiger charge is 2.25. The number of carboxylic acid groups (broad SMARTS) is 1. The Morgan fingerprint density at radius 2 is 2.07 bits per heavy atom. The van der Waals surface area contributed by atoms with Gasteiger partial charge in [-0.25, -0.2) is 4.79 Å². The number of alkyl halides is 2. The van der Waals surface area contributed by atoms with Crippen LogP contribution in [0.2, 0.25) is 5.02 Å². The molecule has 0 fully saturated rings. The summed E-state index contributed by atoms with van der Waals surface area (Å²) < 4.78 is 35.4. The molecule has 0 aliphatic carbocycles. The Bertz CT molecular complexity index is 962. The van der Waals surface area contributed by atoms with E-state index in [-0.39, 0.29) is 19.1 Å². The molecule has 0 saturated carbocycles. The normalized spacial score (nSPS) is 17.2. The van der Waals surface area contributed by atoms with Gasteiger partial charge in [0.15, 0.2) is 0 Å². The summed E-state index contributed by atoms with van der Waals surface area (Å²) in [6.45, 7) is -1.42. The predicted molar refractivity (Wildman–Crippen MR) is 102 cm³/mol. The zero-order valence-corrected chi connectivity index (χ0v) is 16.4. The molecular weight excluding hydrogens is 408 g/mol. The third kappa shape index (κ3) is 5.01. The highest BCUT2D eigenvalue weighted by atomic mass is 35.5. The maximum atomic E-state index is 12.7. The van der Waals surface area contributed by atoms with Crippen molar-refractivity contribution in [2.75, 3.05) is 6.61 Å². The lowest BCUT2D eigenvalue weighted by Gasteiger charge is -2.24. The summed E-state index contributed by atoms with van der Waals surface area (Å²) in [7, 11) is 0. The maximum absolute atomic E-state index is 12.7. The van der Waals surface area contributed by atoms with E-state index >= 15 is 0 Å². The lowest BCUT2D eigenvalue weighted by molar-refractivity contribution is -0.147. The van der Waals surface area contributed by atoms with Crippen LogP contribution in [0.25, 0.3) is 11.1 Å². The Morgan fingerprint density at radius 3 is 2.76 bits per heavy atom. The molecule has 2 atom stereocenters. The summed E-state index contributed by atoms with van der Waals surface area (Å²) in [5.74, 6) is -1.31. The number of ether oxygens (including phenoxy) is 2. The Morgan fingerprint density at radius 1 is 1.34 bits per heavy atom. The first-order chi connectivity index (χ1) is 13.8. The molecule has 0 bridgehead atoms. The zero-order valence-electron chi connectivity index (χ0n) is 15.6. The molecule has 1 aliphatic rings. The van der Waals surface area contributed by atoms with Crippen LogP contribution < -0.4 is 5.56 Å². The fourth-order valence-corrected chi connectivity index (χ4v) is 3.60. The molecule has 0 amide bonds. The van der Waals surface area contributed by atoms with Gasteiger partial charge in [0.1, 0.15) is 6.04 Å². The SMILES string of the molecule is C[C@@H]1Cc2ccc(Cl)cc2-c2cc(=O)n(C(CCOC(F)F)C(=O)O)cc2CO1. The number of halogens is 3. The minimum absolute atomic E-state index is 0.0989. The molecule has 0 saturated heterocycles. The lowest BCUT2D eigenvalue weighted by Crippen LogP contribution is -2.31. The number of hydrogen-bond acceptors (Lipinski definition) is 4. The van der Waals surface area contributed by atoms with E-state index in [0.717, 1.165) is 15.7 Å². The number of fused-ring (bicyclic) bond motifs is 3. The third-order valence-electron chi connectivity index (χ3n) is 4.81. The number of nitrogens with zero attached hydrogens (tertiary/aromatic N) is 1. The second-order valence-electron chi connectivity index (χ2n) is 6.86. The molecule has 1 unspecified atom stereocenters. The van der Waals surface area contributed by atoms with Crippen molar-refractivity contribution in [1.29, 1.82) is 0 Å². The highest BCUT2D eigenvalue weighted by molar-refractivity contribution is 6.30. The fraction of sp³-hybridized carbons (Fsp3) is 0.400. The van der Waals surface area contributed by atoms with Crippen LogP contribution in [0.15, 0.2) is 35.3 Å². The van der Waals surface area contributed by atoms with Gasteiger partial charge in [0.25, 0.3) is 5.56 Å². The summed E-state index contributed by atoms with van der Waals surface area (Å²) in [5, 5.41) is 10.0. The van der Waals surface area contributed by atoms with Crippen molar-refractivity contribution in [3.05, 3.63) is 57.0 Å². The molecule has 156 valence electrons. The van der Waals surface area contributed by atoms with Crippen LogP contribution in [0.1, 0.15) is 30.5 Å². The van der Waals surface area contributed by atoms with E-state index in [1.165, 1.54) is 12.3 Å². The van der Waals surface area contributed by atoms with Gasteiger partial charge < -0.3 is 19.1 Å². The fourth-order valence-electron chi connectivity index (χ4n) is 3.43. The molecule has 1 aromatic heterocycles. The Kier molecular flexibility index (Phi) is 6.66. The van der Waals surface area contributed by atoms with Gasteiger partial charge in [0, 0.05) is 29.3 Å². The van der Waals surface area contributed by atoms with E-state index in [1.54, 1.807) is 12.1 Å². The quantitative estimate of drug-likeness (QED) is 0.756. The number of benzene rings is 1. The summed E-state index contributed by atoms with van der Waals surface area (Å²) in [6, 6.07) is 5.41. The van der Waals surface area contributed by atoms with E-state index in [2.05, 4.69) is 4.74 Å². The number of aliphatic carboxylic acids is 1. The van der Waals surface area contributed by atoms with E-state index in [1.807, 2.05) is 13.0 Å². The number of carboxylic acids is 1. The average molecular weight is 428 g/mol. The Balaban J connectivity index is 2.06. The molecule has 29 heavy (non-hydrogen) atoms. The third-order valence-corrected chi connectivity index (χ3v) is 5.05. The van der Waals surface area contributed by atoms with Crippen molar-refractivity contribution in [3.8, 4) is 11.1 Å². The van der Waals surface area contributed by atoms with E-state index in [4.69, 9.17) is 16.3 Å². The molecular formula is C20H20ClF2NO5. The molecule has 2 aromatic rings.